The van der Waals surface area contributed by atoms with E-state index in [0.29, 0.717) is 12.2 Å². The Morgan fingerprint density at radius 3 is 2.74 bits per heavy atom. The Morgan fingerprint density at radius 1 is 1.37 bits per heavy atom. The Labute approximate surface area is 123 Å². The van der Waals surface area contributed by atoms with Crippen LogP contribution >= 0.6 is 15.9 Å². The Hall–Kier alpha value is -0.660. The summed E-state index contributed by atoms with van der Waals surface area (Å²) in [6.07, 6.45) is 3.06. The summed E-state index contributed by atoms with van der Waals surface area (Å²) in [4.78, 5) is 4.07. The summed E-state index contributed by atoms with van der Waals surface area (Å²) < 4.78 is 27.1. The van der Waals surface area contributed by atoms with Crippen LogP contribution in [0.4, 0.5) is 5.82 Å². The lowest BCUT2D eigenvalue weighted by atomic mass is 10.3. The summed E-state index contributed by atoms with van der Waals surface area (Å²) in [5, 5.41) is 3.17. The maximum absolute atomic E-state index is 11.9. The number of aromatic nitrogens is 1. The van der Waals surface area contributed by atoms with Crippen LogP contribution in [0.3, 0.4) is 0 Å². The van der Waals surface area contributed by atoms with Crippen molar-refractivity contribution >= 4 is 31.8 Å². The van der Waals surface area contributed by atoms with E-state index in [1.54, 1.807) is 6.20 Å². The molecule has 1 heterocycles. The van der Waals surface area contributed by atoms with Crippen LogP contribution < -0.4 is 10.0 Å². The number of unbranched alkanes of at least 4 members (excludes halogenated alkanes) is 1. The van der Waals surface area contributed by atoms with Crippen molar-refractivity contribution in [3.8, 4) is 0 Å². The van der Waals surface area contributed by atoms with Crippen molar-refractivity contribution in [2.75, 3.05) is 23.6 Å². The number of halogens is 1. The zero-order valence-electron chi connectivity index (χ0n) is 11.2. The van der Waals surface area contributed by atoms with Gasteiger partial charge in [-0.2, -0.15) is 0 Å². The van der Waals surface area contributed by atoms with Crippen LogP contribution in [0.1, 0.15) is 25.3 Å². The highest BCUT2D eigenvalue weighted by molar-refractivity contribution is 9.10. The van der Waals surface area contributed by atoms with Crippen molar-refractivity contribution in [3.05, 3.63) is 22.3 Å². The monoisotopic (exact) mass is 349 g/mol. The number of anilines is 1. The van der Waals surface area contributed by atoms with Gasteiger partial charge in [-0.3, -0.25) is 4.72 Å². The first kappa shape index (κ1) is 16.4. The molecule has 0 saturated heterocycles. The van der Waals surface area contributed by atoms with E-state index >= 15 is 0 Å². The lowest BCUT2D eigenvalue weighted by Crippen LogP contribution is -2.20. The van der Waals surface area contributed by atoms with Crippen LogP contribution in [-0.2, 0) is 10.0 Å². The molecular formula is C12H20BrN3O2S. The SMILES string of the molecule is CCNCCCCS(=O)(=O)Nc1ncc(Br)cc1C. The average Bonchev–Trinajstić information content (AvgIpc) is 2.32. The van der Waals surface area contributed by atoms with Gasteiger partial charge >= 0.3 is 0 Å². The molecule has 108 valence electrons. The second kappa shape index (κ2) is 7.81. The zero-order chi connectivity index (χ0) is 14.3. The van der Waals surface area contributed by atoms with Crippen molar-refractivity contribution in [2.45, 2.75) is 26.7 Å². The predicted molar refractivity (Wildman–Crippen MR) is 81.9 cm³/mol. The molecule has 7 heteroatoms. The van der Waals surface area contributed by atoms with Crippen molar-refractivity contribution in [1.29, 1.82) is 0 Å². The number of hydrogen-bond donors (Lipinski definition) is 2. The summed E-state index contributed by atoms with van der Waals surface area (Å²) in [6.45, 7) is 5.61. The fourth-order valence-corrected chi connectivity index (χ4v) is 3.20. The van der Waals surface area contributed by atoms with Gasteiger partial charge in [-0.25, -0.2) is 13.4 Å². The standard InChI is InChI=1S/C12H20BrN3O2S/c1-3-14-6-4-5-7-19(17,18)16-12-10(2)8-11(13)9-15-12/h8-9,14H,3-7H2,1-2H3,(H,15,16). The molecule has 1 aromatic rings. The van der Waals surface area contributed by atoms with Crippen molar-refractivity contribution in [1.82, 2.24) is 10.3 Å². The fourth-order valence-electron chi connectivity index (χ4n) is 1.56. The first-order chi connectivity index (χ1) is 8.94. The Morgan fingerprint density at radius 2 is 2.11 bits per heavy atom. The summed E-state index contributed by atoms with van der Waals surface area (Å²) in [5.41, 5.74) is 0.797. The van der Waals surface area contributed by atoms with E-state index in [4.69, 9.17) is 0 Å². The van der Waals surface area contributed by atoms with Crippen LogP contribution in [0, 0.1) is 6.92 Å². The number of pyridine rings is 1. The molecule has 0 aromatic carbocycles. The van der Waals surface area contributed by atoms with Gasteiger partial charge in [-0.1, -0.05) is 6.92 Å². The number of rotatable bonds is 8. The molecule has 0 fully saturated rings. The maximum atomic E-state index is 11.9. The van der Waals surface area contributed by atoms with E-state index in [1.165, 1.54) is 0 Å². The average molecular weight is 350 g/mol. The lowest BCUT2D eigenvalue weighted by molar-refractivity contribution is 0.593. The highest BCUT2D eigenvalue weighted by Gasteiger charge is 2.12. The van der Waals surface area contributed by atoms with Gasteiger partial charge in [-0.15, -0.1) is 0 Å². The molecule has 0 aliphatic rings. The zero-order valence-corrected chi connectivity index (χ0v) is 13.6. The summed E-state index contributed by atoms with van der Waals surface area (Å²) >= 11 is 3.30. The smallest absolute Gasteiger partial charge is 0.233 e. The van der Waals surface area contributed by atoms with Crippen LogP contribution in [0.15, 0.2) is 16.7 Å². The third-order valence-corrected chi connectivity index (χ3v) is 4.33. The minimum atomic E-state index is -3.31. The predicted octanol–water partition coefficient (Wildman–Crippen LogP) is 2.28. The summed E-state index contributed by atoms with van der Waals surface area (Å²) in [7, 11) is -3.31. The highest BCUT2D eigenvalue weighted by Crippen LogP contribution is 2.18. The first-order valence-electron chi connectivity index (χ1n) is 6.28. The van der Waals surface area contributed by atoms with Gasteiger partial charge in [0, 0.05) is 10.7 Å². The van der Waals surface area contributed by atoms with Gasteiger partial charge in [0.15, 0.2) is 0 Å². The second-order valence-electron chi connectivity index (χ2n) is 4.30. The Kier molecular flexibility index (Phi) is 6.74. The van der Waals surface area contributed by atoms with Crippen LogP contribution in [0.2, 0.25) is 0 Å². The molecule has 19 heavy (non-hydrogen) atoms. The largest absolute Gasteiger partial charge is 0.317 e. The van der Waals surface area contributed by atoms with Gasteiger partial charge in [0.05, 0.1) is 5.75 Å². The molecule has 1 aromatic heterocycles. The summed E-state index contributed by atoms with van der Waals surface area (Å²) in [5.74, 6) is 0.519. The van der Waals surface area contributed by atoms with Gasteiger partial charge in [0.1, 0.15) is 5.82 Å². The minimum absolute atomic E-state index is 0.121. The Balaban J connectivity index is 2.50. The van der Waals surface area contributed by atoms with Crippen molar-refractivity contribution in [3.63, 3.8) is 0 Å². The molecule has 0 radical (unpaired) electrons. The molecule has 2 N–H and O–H groups in total. The van der Waals surface area contributed by atoms with Crippen molar-refractivity contribution in [2.24, 2.45) is 0 Å². The topological polar surface area (TPSA) is 71.1 Å². The molecule has 0 aliphatic carbocycles. The number of hydrogen-bond acceptors (Lipinski definition) is 4. The second-order valence-corrected chi connectivity index (χ2v) is 7.06. The number of aryl methyl sites for hydroxylation is 1. The van der Waals surface area contributed by atoms with Crippen LogP contribution in [0.5, 0.6) is 0 Å². The first-order valence-corrected chi connectivity index (χ1v) is 8.72. The third-order valence-electron chi connectivity index (χ3n) is 2.56. The third kappa shape index (κ3) is 6.35. The highest BCUT2D eigenvalue weighted by atomic mass is 79.9. The Bertz CT molecular complexity index is 506. The number of sulfonamides is 1. The van der Waals surface area contributed by atoms with E-state index in [0.717, 1.165) is 29.5 Å². The molecule has 1 rings (SSSR count). The molecule has 0 spiro atoms. The normalized spacial score (nSPS) is 11.5. The van der Waals surface area contributed by atoms with Gasteiger partial charge in [-0.05, 0) is 60.4 Å². The van der Waals surface area contributed by atoms with E-state index in [9.17, 15) is 8.42 Å². The number of nitrogens with one attached hydrogen (secondary N) is 2. The van der Waals surface area contributed by atoms with E-state index < -0.39 is 10.0 Å². The molecular weight excluding hydrogens is 330 g/mol. The van der Waals surface area contributed by atoms with E-state index in [-0.39, 0.29) is 5.75 Å². The maximum Gasteiger partial charge on any atom is 0.233 e. The van der Waals surface area contributed by atoms with E-state index in [2.05, 4.69) is 31.0 Å². The fraction of sp³-hybridized carbons (Fsp3) is 0.583. The molecule has 0 bridgehead atoms. The molecule has 0 unspecified atom stereocenters. The lowest BCUT2D eigenvalue weighted by Gasteiger charge is -2.09. The van der Waals surface area contributed by atoms with Gasteiger partial charge < -0.3 is 5.32 Å². The molecule has 0 amide bonds. The minimum Gasteiger partial charge on any atom is -0.317 e. The molecule has 5 nitrogen and oxygen atoms in total. The summed E-state index contributed by atoms with van der Waals surface area (Å²) in [6, 6.07) is 1.83. The van der Waals surface area contributed by atoms with Crippen LogP contribution in [-0.4, -0.2) is 32.2 Å². The molecule has 0 aliphatic heterocycles. The molecule has 0 saturated carbocycles. The molecule has 0 atom stereocenters. The van der Waals surface area contributed by atoms with E-state index in [1.807, 2.05) is 19.9 Å². The quantitative estimate of drug-likeness (QED) is 0.706. The van der Waals surface area contributed by atoms with Gasteiger partial charge in [0.25, 0.3) is 0 Å². The van der Waals surface area contributed by atoms with Gasteiger partial charge in [0.2, 0.25) is 10.0 Å². The number of nitrogens with zero attached hydrogens (tertiary/aromatic N) is 1. The van der Waals surface area contributed by atoms with Crippen LogP contribution in [0.25, 0.3) is 0 Å². The van der Waals surface area contributed by atoms with Crippen molar-refractivity contribution < 1.29 is 8.42 Å².